The summed E-state index contributed by atoms with van der Waals surface area (Å²) in [5.41, 5.74) is 0.728. The molecule has 0 aliphatic rings. The van der Waals surface area contributed by atoms with E-state index in [0.29, 0.717) is 5.13 Å². The van der Waals surface area contributed by atoms with Gasteiger partial charge in [-0.25, -0.2) is 13.4 Å². The van der Waals surface area contributed by atoms with Crippen molar-refractivity contribution in [1.29, 1.82) is 0 Å². The first-order valence-electron chi connectivity index (χ1n) is 8.12. The molecule has 1 heterocycles. The van der Waals surface area contributed by atoms with Gasteiger partial charge in [0.1, 0.15) is 5.75 Å². The van der Waals surface area contributed by atoms with E-state index in [-0.39, 0.29) is 10.3 Å². The number of hydrogen-bond donors (Lipinski definition) is 1. The highest BCUT2D eigenvalue weighted by molar-refractivity contribution is 7.92. The minimum Gasteiger partial charge on any atom is -0.301 e. The van der Waals surface area contributed by atoms with E-state index >= 15 is 0 Å². The second-order valence-corrected chi connectivity index (χ2v) is 9.95. The molecule has 0 saturated carbocycles. The van der Waals surface area contributed by atoms with Crippen molar-refractivity contribution in [2.24, 2.45) is 0 Å². The molecule has 0 radical (unpaired) electrons. The zero-order valence-electron chi connectivity index (χ0n) is 14.8. The molecule has 1 aromatic heterocycles. The van der Waals surface area contributed by atoms with Crippen molar-refractivity contribution >= 4 is 43.0 Å². The molecule has 0 fully saturated rings. The summed E-state index contributed by atoms with van der Waals surface area (Å²) in [6.07, 6.45) is 0. The molecule has 0 unspecified atom stereocenters. The Morgan fingerprint density at radius 2 is 1.81 bits per heavy atom. The second kappa shape index (κ2) is 6.81. The fraction of sp³-hybridized carbons (Fsp3) is 0.263. The molecule has 0 saturated heterocycles. The normalized spacial score (nSPS) is 12.3. The number of nitrogens with zero attached hydrogens (tertiary/aromatic N) is 1. The molecule has 1 amide bonds. The lowest BCUT2D eigenvalue weighted by molar-refractivity contribution is -0.113. The summed E-state index contributed by atoms with van der Waals surface area (Å²) in [4.78, 5) is 16.7. The van der Waals surface area contributed by atoms with Gasteiger partial charge in [0.2, 0.25) is 5.91 Å². The van der Waals surface area contributed by atoms with E-state index in [1.165, 1.54) is 17.4 Å². The number of carbonyl (C=O) groups excluding carboxylic acids is 1. The number of fused-ring (bicyclic) bond motifs is 1. The van der Waals surface area contributed by atoms with E-state index in [1.807, 2.05) is 50.4 Å². The van der Waals surface area contributed by atoms with Crippen LogP contribution in [0.25, 0.3) is 10.8 Å². The molecule has 26 heavy (non-hydrogen) atoms. The number of rotatable bonds is 4. The summed E-state index contributed by atoms with van der Waals surface area (Å²) in [5.74, 6) is -1.21. The van der Waals surface area contributed by atoms with Crippen molar-refractivity contribution in [3.8, 4) is 0 Å². The zero-order valence-corrected chi connectivity index (χ0v) is 16.4. The van der Waals surface area contributed by atoms with Crippen LogP contribution in [0.3, 0.4) is 0 Å². The molecular weight excluding hydrogens is 368 g/mol. The van der Waals surface area contributed by atoms with Gasteiger partial charge in [0.15, 0.2) is 15.0 Å². The molecule has 5 nitrogen and oxygen atoms in total. The lowest BCUT2D eigenvalue weighted by Crippen LogP contribution is -2.23. The number of thiazole rings is 1. The number of aromatic nitrogens is 1. The summed E-state index contributed by atoms with van der Waals surface area (Å²) in [5, 5.41) is 6.64. The summed E-state index contributed by atoms with van der Waals surface area (Å²) in [7, 11) is -3.73. The average molecular weight is 389 g/mol. The molecule has 7 heteroatoms. The van der Waals surface area contributed by atoms with Crippen LogP contribution >= 0.6 is 11.3 Å². The van der Waals surface area contributed by atoms with Crippen molar-refractivity contribution < 1.29 is 13.2 Å². The van der Waals surface area contributed by atoms with Crippen LogP contribution in [0.2, 0.25) is 0 Å². The third-order valence-electron chi connectivity index (χ3n) is 3.92. The first kappa shape index (κ1) is 18.5. The number of carbonyl (C=O) groups is 1. The van der Waals surface area contributed by atoms with Gasteiger partial charge < -0.3 is 5.32 Å². The Kier molecular flexibility index (Phi) is 4.86. The Bertz CT molecular complexity index is 1060. The van der Waals surface area contributed by atoms with Crippen LogP contribution in [0.4, 0.5) is 5.13 Å². The largest absolute Gasteiger partial charge is 0.301 e. The molecule has 0 bridgehead atoms. The Labute approximate surface area is 157 Å². The molecule has 3 aromatic rings. The molecule has 0 spiro atoms. The van der Waals surface area contributed by atoms with E-state index in [0.717, 1.165) is 16.5 Å². The highest BCUT2D eigenvalue weighted by Gasteiger charge is 2.22. The van der Waals surface area contributed by atoms with Crippen LogP contribution < -0.4 is 5.32 Å². The zero-order chi connectivity index (χ0) is 18.9. The van der Waals surface area contributed by atoms with Gasteiger partial charge in [-0.3, -0.25) is 4.79 Å². The maximum Gasteiger partial charge on any atom is 0.241 e. The number of benzene rings is 2. The van der Waals surface area contributed by atoms with Crippen molar-refractivity contribution in [1.82, 2.24) is 4.98 Å². The van der Waals surface area contributed by atoms with Gasteiger partial charge in [-0.1, -0.05) is 51.1 Å². The van der Waals surface area contributed by atoms with Crippen LogP contribution in [0.5, 0.6) is 0 Å². The fourth-order valence-electron chi connectivity index (χ4n) is 2.45. The summed E-state index contributed by atoms with van der Waals surface area (Å²) in [6.45, 7) is 6.08. The van der Waals surface area contributed by atoms with E-state index in [4.69, 9.17) is 0 Å². The lowest BCUT2D eigenvalue weighted by Gasteiger charge is -2.14. The Morgan fingerprint density at radius 1 is 1.12 bits per heavy atom. The second-order valence-electron chi connectivity index (χ2n) is 7.10. The predicted octanol–water partition coefficient (Wildman–Crippen LogP) is 4.01. The van der Waals surface area contributed by atoms with Gasteiger partial charge in [-0.15, -0.1) is 11.3 Å². The molecular formula is C19H20N2O3S2. The summed E-state index contributed by atoms with van der Waals surface area (Å²) < 4.78 is 25.1. The summed E-state index contributed by atoms with van der Waals surface area (Å²) >= 11 is 1.29. The maximum atomic E-state index is 12.6. The highest BCUT2D eigenvalue weighted by Crippen LogP contribution is 2.26. The number of hydrogen-bond acceptors (Lipinski definition) is 5. The van der Waals surface area contributed by atoms with E-state index in [1.54, 1.807) is 12.1 Å². The quantitative estimate of drug-likeness (QED) is 0.733. The molecule has 0 aliphatic carbocycles. The fourth-order valence-corrected chi connectivity index (χ4v) is 4.57. The van der Waals surface area contributed by atoms with Crippen LogP contribution in [0, 0.1) is 0 Å². The predicted molar refractivity (Wildman–Crippen MR) is 105 cm³/mol. The van der Waals surface area contributed by atoms with Crippen LogP contribution in [0.15, 0.2) is 52.7 Å². The van der Waals surface area contributed by atoms with Gasteiger partial charge in [-0.2, -0.15) is 0 Å². The van der Waals surface area contributed by atoms with Crippen LogP contribution in [-0.4, -0.2) is 25.1 Å². The van der Waals surface area contributed by atoms with Gasteiger partial charge in [0.05, 0.1) is 10.6 Å². The van der Waals surface area contributed by atoms with Gasteiger partial charge in [0.25, 0.3) is 0 Å². The third-order valence-corrected chi connectivity index (χ3v) is 6.29. The summed E-state index contributed by atoms with van der Waals surface area (Å²) in [6, 6.07) is 12.4. The third kappa shape index (κ3) is 4.11. The van der Waals surface area contributed by atoms with Crippen LogP contribution in [0.1, 0.15) is 26.5 Å². The molecule has 3 rings (SSSR count). The van der Waals surface area contributed by atoms with Crippen molar-refractivity contribution in [3.05, 3.63) is 53.5 Å². The van der Waals surface area contributed by atoms with E-state index < -0.39 is 21.5 Å². The molecule has 0 atom stereocenters. The minimum atomic E-state index is -3.73. The standard InChI is InChI=1S/C19H20N2O3S2/c1-19(2,3)16-11-25-18(20-16)21-17(22)12-26(23,24)15-9-8-13-6-4-5-7-14(13)10-15/h4-11H,12H2,1-3H3,(H,20,21,22). The number of nitrogens with one attached hydrogen (secondary N) is 1. The SMILES string of the molecule is CC(C)(C)c1csc(NC(=O)CS(=O)(=O)c2ccc3ccccc3c2)n1. The number of sulfone groups is 1. The minimum absolute atomic E-state index is 0.128. The van der Waals surface area contributed by atoms with Crippen molar-refractivity contribution in [2.75, 3.05) is 11.1 Å². The number of amides is 1. The van der Waals surface area contributed by atoms with Crippen molar-refractivity contribution in [2.45, 2.75) is 31.1 Å². The molecule has 0 aliphatic heterocycles. The Balaban J connectivity index is 1.75. The topological polar surface area (TPSA) is 76.1 Å². The lowest BCUT2D eigenvalue weighted by atomic mass is 9.93. The van der Waals surface area contributed by atoms with Crippen molar-refractivity contribution in [3.63, 3.8) is 0 Å². The average Bonchev–Trinajstić information content (AvgIpc) is 3.02. The smallest absolute Gasteiger partial charge is 0.241 e. The van der Waals surface area contributed by atoms with Gasteiger partial charge in [0, 0.05) is 10.8 Å². The number of anilines is 1. The molecule has 2 aromatic carbocycles. The monoisotopic (exact) mass is 388 g/mol. The highest BCUT2D eigenvalue weighted by atomic mass is 32.2. The Hall–Kier alpha value is -2.25. The first-order valence-corrected chi connectivity index (χ1v) is 10.7. The molecule has 1 N–H and O–H groups in total. The van der Waals surface area contributed by atoms with E-state index in [2.05, 4.69) is 10.3 Å². The first-order chi connectivity index (χ1) is 12.1. The molecule has 136 valence electrons. The van der Waals surface area contributed by atoms with E-state index in [9.17, 15) is 13.2 Å². The van der Waals surface area contributed by atoms with Crippen LogP contribution in [-0.2, 0) is 20.0 Å². The maximum absolute atomic E-state index is 12.6. The van der Waals surface area contributed by atoms with Gasteiger partial charge in [-0.05, 0) is 22.9 Å². The van der Waals surface area contributed by atoms with Gasteiger partial charge >= 0.3 is 0 Å². The Morgan fingerprint density at radius 3 is 2.46 bits per heavy atom.